The molecule has 0 spiro atoms. The Morgan fingerprint density at radius 2 is 1.33 bits per heavy atom. The third-order valence-corrected chi connectivity index (χ3v) is 7.42. The van der Waals surface area contributed by atoms with Crippen LogP contribution in [-0.2, 0) is 5.54 Å². The molecule has 1 aliphatic rings. The molecule has 0 aliphatic carbocycles. The Balaban J connectivity index is 1.73. The van der Waals surface area contributed by atoms with Gasteiger partial charge in [-0.15, -0.1) is 0 Å². The molecule has 39 heavy (non-hydrogen) atoms. The molecule has 1 atom stereocenters. The van der Waals surface area contributed by atoms with Gasteiger partial charge in [-0.05, 0) is 34.4 Å². The predicted octanol–water partition coefficient (Wildman–Crippen LogP) is 6.88. The Morgan fingerprint density at radius 1 is 0.795 bits per heavy atom. The van der Waals surface area contributed by atoms with Crippen molar-refractivity contribution in [1.82, 2.24) is 9.99 Å². The monoisotopic (exact) mass is 516 g/mol. The highest BCUT2D eigenvalue weighted by Gasteiger charge is 2.52. The van der Waals surface area contributed by atoms with Gasteiger partial charge in [0.2, 0.25) is 5.95 Å². The van der Waals surface area contributed by atoms with Crippen LogP contribution in [0.5, 0.6) is 0 Å². The Kier molecular flexibility index (Phi) is 6.13. The van der Waals surface area contributed by atoms with Gasteiger partial charge in [-0.25, -0.2) is 4.98 Å². The Hall–Kier alpha value is -4.88. The summed E-state index contributed by atoms with van der Waals surface area (Å²) in [5, 5.41) is 16.1. The molecule has 0 saturated heterocycles. The summed E-state index contributed by atoms with van der Waals surface area (Å²) in [7, 11) is 1.96. The first-order chi connectivity index (χ1) is 19.0. The second-order valence-corrected chi connectivity index (χ2v) is 9.49. The van der Waals surface area contributed by atoms with Crippen molar-refractivity contribution < 1.29 is 9.31 Å². The molecule has 192 valence electrons. The lowest BCUT2D eigenvalue weighted by atomic mass is 9.75. The lowest BCUT2D eigenvalue weighted by Crippen LogP contribution is -2.54. The van der Waals surface area contributed by atoms with Crippen LogP contribution in [0.2, 0.25) is 0 Å². The fraction of sp³-hybridized carbons (Fsp3) is 0.0938. The molecular weight excluding hydrogens is 491 g/mol. The molecule has 1 aromatic heterocycles. The number of benzene rings is 4. The summed E-state index contributed by atoms with van der Waals surface area (Å²) >= 11 is 0. The fourth-order valence-corrected chi connectivity index (χ4v) is 5.81. The SMILES string of the molecule is CN1c2ccc([N+](=O)[O-])cc2C(c2ccc(F)nc2)N1C(c1ccccc1)(c1ccccc1)c1ccccc1. The number of fused-ring (bicyclic) bond motifs is 1. The van der Waals surface area contributed by atoms with Crippen molar-refractivity contribution in [2.75, 3.05) is 12.1 Å². The van der Waals surface area contributed by atoms with Gasteiger partial charge in [0, 0.05) is 30.9 Å². The minimum absolute atomic E-state index is 0.00574. The molecule has 0 radical (unpaired) electrons. The number of nitro groups is 1. The number of hydrogen-bond donors (Lipinski definition) is 0. The van der Waals surface area contributed by atoms with Gasteiger partial charge in [0.25, 0.3) is 5.69 Å². The summed E-state index contributed by atoms with van der Waals surface area (Å²) in [6, 6.07) is 38.0. The normalized spacial score (nSPS) is 15.2. The third kappa shape index (κ3) is 3.95. The summed E-state index contributed by atoms with van der Waals surface area (Å²) in [5.41, 5.74) is 4.44. The molecule has 6 nitrogen and oxygen atoms in total. The number of hydrogen-bond acceptors (Lipinski definition) is 5. The van der Waals surface area contributed by atoms with Crippen molar-refractivity contribution in [3.05, 3.63) is 171 Å². The van der Waals surface area contributed by atoms with Crippen molar-refractivity contribution in [3.8, 4) is 0 Å². The quantitative estimate of drug-likeness (QED) is 0.107. The molecule has 0 amide bonds. The summed E-state index contributed by atoms with van der Waals surface area (Å²) in [4.78, 5) is 15.4. The lowest BCUT2D eigenvalue weighted by molar-refractivity contribution is -0.384. The van der Waals surface area contributed by atoms with Crippen molar-refractivity contribution in [1.29, 1.82) is 0 Å². The maximum absolute atomic E-state index is 14.0. The number of nitrogens with zero attached hydrogens (tertiary/aromatic N) is 4. The van der Waals surface area contributed by atoms with E-state index >= 15 is 0 Å². The van der Waals surface area contributed by atoms with Gasteiger partial charge < -0.3 is 5.01 Å². The number of pyridine rings is 1. The van der Waals surface area contributed by atoms with E-state index in [4.69, 9.17) is 0 Å². The molecule has 0 N–H and O–H groups in total. The van der Waals surface area contributed by atoms with Crippen LogP contribution >= 0.6 is 0 Å². The van der Waals surface area contributed by atoms with Crippen LogP contribution in [0.15, 0.2) is 128 Å². The van der Waals surface area contributed by atoms with Gasteiger partial charge in [-0.2, -0.15) is 9.40 Å². The van der Waals surface area contributed by atoms with Crippen LogP contribution in [0.4, 0.5) is 15.8 Å². The van der Waals surface area contributed by atoms with Gasteiger partial charge in [-0.3, -0.25) is 10.1 Å². The molecule has 0 fully saturated rings. The molecule has 6 rings (SSSR count). The highest BCUT2D eigenvalue weighted by Crippen LogP contribution is 2.54. The maximum atomic E-state index is 14.0. The molecule has 1 aliphatic heterocycles. The van der Waals surface area contributed by atoms with Gasteiger partial charge in [0.15, 0.2) is 0 Å². The molecule has 1 unspecified atom stereocenters. The van der Waals surface area contributed by atoms with E-state index in [0.29, 0.717) is 0 Å². The summed E-state index contributed by atoms with van der Waals surface area (Å²) in [6.45, 7) is 0. The number of non-ortho nitro benzene ring substituents is 1. The van der Waals surface area contributed by atoms with Crippen LogP contribution in [0.3, 0.4) is 0 Å². The largest absolute Gasteiger partial charge is 0.306 e. The first-order valence-electron chi connectivity index (χ1n) is 12.6. The Morgan fingerprint density at radius 3 is 1.79 bits per heavy atom. The van der Waals surface area contributed by atoms with Crippen LogP contribution in [0, 0.1) is 16.1 Å². The van der Waals surface area contributed by atoms with Gasteiger partial charge in [0.05, 0.1) is 16.7 Å². The second-order valence-electron chi connectivity index (χ2n) is 9.49. The van der Waals surface area contributed by atoms with E-state index in [1.165, 1.54) is 18.3 Å². The fourth-order valence-electron chi connectivity index (χ4n) is 5.81. The average Bonchev–Trinajstić information content (AvgIpc) is 3.27. The summed E-state index contributed by atoms with van der Waals surface area (Å²) in [5.74, 6) is -0.587. The van der Waals surface area contributed by atoms with Gasteiger partial charge in [-0.1, -0.05) is 97.1 Å². The Labute approximate surface area is 225 Å². The van der Waals surface area contributed by atoms with Crippen molar-refractivity contribution in [3.63, 3.8) is 0 Å². The van der Waals surface area contributed by atoms with Crippen molar-refractivity contribution >= 4 is 11.4 Å². The smallest absolute Gasteiger partial charge is 0.269 e. The number of halogens is 1. The van der Waals surface area contributed by atoms with Crippen molar-refractivity contribution in [2.24, 2.45) is 0 Å². The highest BCUT2D eigenvalue weighted by molar-refractivity contribution is 5.66. The molecule has 7 heteroatoms. The van der Waals surface area contributed by atoms with Crippen LogP contribution in [-0.4, -0.2) is 22.0 Å². The summed E-state index contributed by atoms with van der Waals surface area (Å²) < 4.78 is 14.0. The third-order valence-electron chi connectivity index (χ3n) is 7.42. The summed E-state index contributed by atoms with van der Waals surface area (Å²) in [6.07, 6.45) is 1.51. The number of nitro benzene ring substituents is 1. The zero-order valence-electron chi connectivity index (χ0n) is 21.2. The zero-order valence-corrected chi connectivity index (χ0v) is 21.2. The maximum Gasteiger partial charge on any atom is 0.269 e. The second kappa shape index (κ2) is 9.78. The van der Waals surface area contributed by atoms with Crippen LogP contribution in [0.1, 0.15) is 33.9 Å². The molecule has 0 saturated carbocycles. The van der Waals surface area contributed by atoms with E-state index < -0.39 is 17.5 Å². The standard InChI is InChI=1S/C32H25FN4O2/c1-35-29-19-18-27(37(38)39)21-28(29)31(23-17-20-30(33)34-22-23)36(35)32(24-11-5-2-6-12-24,25-13-7-3-8-14-25)26-15-9-4-10-16-26/h2-22,31H,1H3. The molecular formula is C32H25FN4O2. The van der Waals surface area contributed by atoms with E-state index in [1.54, 1.807) is 18.2 Å². The lowest BCUT2D eigenvalue weighted by Gasteiger charge is -2.49. The number of anilines is 1. The van der Waals surface area contributed by atoms with Crippen molar-refractivity contribution in [2.45, 2.75) is 11.6 Å². The van der Waals surface area contributed by atoms with E-state index in [2.05, 4.69) is 51.4 Å². The molecule has 5 aromatic rings. The van der Waals surface area contributed by atoms with E-state index in [-0.39, 0.29) is 10.6 Å². The molecule has 2 heterocycles. The Bertz CT molecular complexity index is 1520. The van der Waals surface area contributed by atoms with Gasteiger partial charge >= 0.3 is 0 Å². The number of hydrazine groups is 1. The molecule has 0 bridgehead atoms. The van der Waals surface area contributed by atoms with Crippen LogP contribution in [0.25, 0.3) is 0 Å². The van der Waals surface area contributed by atoms with Crippen LogP contribution < -0.4 is 5.01 Å². The minimum atomic E-state index is -0.870. The van der Waals surface area contributed by atoms with E-state index in [1.807, 2.05) is 61.6 Å². The first kappa shape index (κ1) is 24.5. The topological polar surface area (TPSA) is 62.5 Å². The average molecular weight is 517 g/mol. The highest BCUT2D eigenvalue weighted by atomic mass is 19.1. The minimum Gasteiger partial charge on any atom is -0.306 e. The number of aromatic nitrogens is 1. The van der Waals surface area contributed by atoms with E-state index in [0.717, 1.165) is 33.5 Å². The zero-order chi connectivity index (χ0) is 27.0. The first-order valence-corrected chi connectivity index (χ1v) is 12.6. The number of rotatable bonds is 6. The molecule has 4 aromatic carbocycles. The van der Waals surface area contributed by atoms with E-state index in [9.17, 15) is 14.5 Å². The predicted molar refractivity (Wildman–Crippen MR) is 149 cm³/mol. The van der Waals surface area contributed by atoms with Gasteiger partial charge in [0.1, 0.15) is 5.54 Å².